The average molecular weight is 280 g/mol. The van der Waals surface area contributed by atoms with Crippen LogP contribution in [0.4, 0.5) is 0 Å². The second-order valence-electron chi connectivity index (χ2n) is 4.53. The van der Waals surface area contributed by atoms with Crippen molar-refractivity contribution in [3.63, 3.8) is 0 Å². The van der Waals surface area contributed by atoms with E-state index in [2.05, 4.69) is 4.74 Å². The highest BCUT2D eigenvalue weighted by molar-refractivity contribution is 5.98. The first-order valence-corrected chi connectivity index (χ1v) is 6.42. The van der Waals surface area contributed by atoms with Crippen molar-refractivity contribution in [2.24, 2.45) is 0 Å². The minimum atomic E-state index is -0.398. The van der Waals surface area contributed by atoms with Crippen molar-refractivity contribution < 1.29 is 23.8 Å². The Morgan fingerprint density at radius 3 is 2.35 bits per heavy atom. The van der Waals surface area contributed by atoms with Crippen LogP contribution >= 0.6 is 0 Å². The van der Waals surface area contributed by atoms with E-state index < -0.39 is 5.97 Å². The summed E-state index contributed by atoms with van der Waals surface area (Å²) in [7, 11) is 2.82. The summed E-state index contributed by atoms with van der Waals surface area (Å²) in [5.74, 6) is 0.560. The van der Waals surface area contributed by atoms with Crippen molar-refractivity contribution in [1.29, 1.82) is 0 Å². The molecule has 0 fully saturated rings. The van der Waals surface area contributed by atoms with Gasteiger partial charge in [-0.3, -0.25) is 9.59 Å². The fourth-order valence-electron chi connectivity index (χ4n) is 1.65. The molecular formula is C15H20O5. The fourth-order valence-corrected chi connectivity index (χ4v) is 1.65. The van der Waals surface area contributed by atoms with E-state index in [0.29, 0.717) is 17.1 Å². The summed E-state index contributed by atoms with van der Waals surface area (Å²) >= 11 is 0. The molecule has 1 aromatic carbocycles. The SMILES string of the molecule is COC(=O)CCC(=O)c1ccc(OC(C)C)c(OC)c1. The molecule has 5 heteroatoms. The molecule has 0 heterocycles. The molecule has 0 aromatic heterocycles. The van der Waals surface area contributed by atoms with E-state index in [1.807, 2.05) is 13.8 Å². The van der Waals surface area contributed by atoms with E-state index >= 15 is 0 Å². The zero-order chi connectivity index (χ0) is 15.1. The van der Waals surface area contributed by atoms with Crippen LogP contribution < -0.4 is 9.47 Å². The fraction of sp³-hybridized carbons (Fsp3) is 0.467. The van der Waals surface area contributed by atoms with Crippen LogP contribution in [0.1, 0.15) is 37.0 Å². The van der Waals surface area contributed by atoms with Gasteiger partial charge in [-0.25, -0.2) is 0 Å². The zero-order valence-electron chi connectivity index (χ0n) is 12.3. The molecule has 0 atom stereocenters. The Hall–Kier alpha value is -2.04. The Bertz CT molecular complexity index is 479. The molecule has 0 bridgehead atoms. The van der Waals surface area contributed by atoms with Gasteiger partial charge in [0.1, 0.15) is 0 Å². The van der Waals surface area contributed by atoms with Gasteiger partial charge >= 0.3 is 5.97 Å². The summed E-state index contributed by atoms with van der Waals surface area (Å²) in [6.07, 6.45) is 0.201. The highest BCUT2D eigenvalue weighted by atomic mass is 16.5. The molecule has 20 heavy (non-hydrogen) atoms. The van der Waals surface area contributed by atoms with Crippen molar-refractivity contribution in [3.05, 3.63) is 23.8 Å². The lowest BCUT2D eigenvalue weighted by Crippen LogP contribution is -2.08. The highest BCUT2D eigenvalue weighted by Crippen LogP contribution is 2.29. The van der Waals surface area contributed by atoms with Gasteiger partial charge in [0.15, 0.2) is 17.3 Å². The van der Waals surface area contributed by atoms with Crippen molar-refractivity contribution in [1.82, 2.24) is 0 Å². The van der Waals surface area contributed by atoms with Gasteiger partial charge in [-0.15, -0.1) is 0 Å². The maximum atomic E-state index is 12.0. The van der Waals surface area contributed by atoms with Gasteiger partial charge < -0.3 is 14.2 Å². The third kappa shape index (κ3) is 4.57. The number of carbonyl (C=O) groups excluding carboxylic acids is 2. The van der Waals surface area contributed by atoms with Crippen molar-refractivity contribution in [2.75, 3.05) is 14.2 Å². The number of benzene rings is 1. The summed E-state index contributed by atoms with van der Waals surface area (Å²) in [5, 5.41) is 0. The molecule has 0 aliphatic heterocycles. The Labute approximate surface area is 118 Å². The number of hydrogen-bond donors (Lipinski definition) is 0. The summed E-state index contributed by atoms with van der Waals surface area (Å²) in [6.45, 7) is 3.82. The molecule has 0 aliphatic rings. The highest BCUT2D eigenvalue weighted by Gasteiger charge is 2.13. The number of methoxy groups -OCH3 is 2. The number of carbonyl (C=O) groups is 2. The molecule has 0 saturated carbocycles. The van der Waals surface area contributed by atoms with Crippen LogP contribution in [0.2, 0.25) is 0 Å². The molecule has 0 amide bonds. The minimum Gasteiger partial charge on any atom is -0.493 e. The molecule has 1 aromatic rings. The largest absolute Gasteiger partial charge is 0.493 e. The molecule has 1 rings (SSSR count). The maximum absolute atomic E-state index is 12.0. The van der Waals surface area contributed by atoms with Gasteiger partial charge in [-0.05, 0) is 32.0 Å². The molecule has 110 valence electrons. The smallest absolute Gasteiger partial charge is 0.305 e. The van der Waals surface area contributed by atoms with E-state index in [-0.39, 0.29) is 24.7 Å². The molecule has 0 saturated heterocycles. The average Bonchev–Trinajstić information content (AvgIpc) is 2.44. The molecular weight excluding hydrogens is 260 g/mol. The standard InChI is InChI=1S/C15H20O5/c1-10(2)20-13-7-5-11(9-14(13)18-3)12(16)6-8-15(17)19-4/h5,7,9-10H,6,8H2,1-4H3. The summed E-state index contributed by atoms with van der Waals surface area (Å²) < 4.78 is 15.3. The van der Waals surface area contributed by atoms with E-state index in [1.165, 1.54) is 14.2 Å². The number of esters is 1. The van der Waals surface area contributed by atoms with E-state index in [4.69, 9.17) is 9.47 Å². The second kappa shape index (κ2) is 7.53. The summed E-state index contributed by atoms with van der Waals surface area (Å²) in [4.78, 5) is 23.0. The monoisotopic (exact) mass is 280 g/mol. The lowest BCUT2D eigenvalue weighted by molar-refractivity contribution is -0.140. The molecule has 0 unspecified atom stereocenters. The summed E-state index contributed by atoms with van der Waals surface area (Å²) in [6, 6.07) is 4.99. The van der Waals surface area contributed by atoms with Crippen LogP contribution in [0.25, 0.3) is 0 Å². The van der Waals surface area contributed by atoms with Crippen LogP contribution in [-0.2, 0) is 9.53 Å². The van der Waals surface area contributed by atoms with Crippen LogP contribution in [0.15, 0.2) is 18.2 Å². The first kappa shape index (κ1) is 16.0. The maximum Gasteiger partial charge on any atom is 0.305 e. The van der Waals surface area contributed by atoms with Gasteiger partial charge in [-0.1, -0.05) is 0 Å². The Morgan fingerprint density at radius 1 is 1.10 bits per heavy atom. The third-order valence-electron chi connectivity index (χ3n) is 2.63. The van der Waals surface area contributed by atoms with Crippen molar-refractivity contribution >= 4 is 11.8 Å². The van der Waals surface area contributed by atoms with Crippen LogP contribution in [0.5, 0.6) is 11.5 Å². The molecule has 0 radical (unpaired) electrons. The number of hydrogen-bond acceptors (Lipinski definition) is 5. The van der Waals surface area contributed by atoms with Crippen LogP contribution in [0, 0.1) is 0 Å². The first-order valence-electron chi connectivity index (χ1n) is 6.42. The van der Waals surface area contributed by atoms with Crippen molar-refractivity contribution in [2.45, 2.75) is 32.8 Å². The zero-order valence-corrected chi connectivity index (χ0v) is 12.3. The lowest BCUT2D eigenvalue weighted by Gasteiger charge is -2.14. The quantitative estimate of drug-likeness (QED) is 0.567. The van der Waals surface area contributed by atoms with Crippen LogP contribution in [0.3, 0.4) is 0 Å². The van der Waals surface area contributed by atoms with Gasteiger partial charge in [0.2, 0.25) is 0 Å². The van der Waals surface area contributed by atoms with E-state index in [0.717, 1.165) is 0 Å². The Kier molecular flexibility index (Phi) is 6.03. The van der Waals surface area contributed by atoms with Gasteiger partial charge in [0, 0.05) is 12.0 Å². The van der Waals surface area contributed by atoms with Gasteiger partial charge in [-0.2, -0.15) is 0 Å². The van der Waals surface area contributed by atoms with Crippen molar-refractivity contribution in [3.8, 4) is 11.5 Å². The topological polar surface area (TPSA) is 61.8 Å². The molecule has 0 spiro atoms. The normalized spacial score (nSPS) is 10.2. The lowest BCUT2D eigenvalue weighted by atomic mass is 10.1. The first-order chi connectivity index (χ1) is 9.47. The predicted molar refractivity (Wildman–Crippen MR) is 74.3 cm³/mol. The molecule has 0 aliphatic carbocycles. The molecule has 0 N–H and O–H groups in total. The van der Waals surface area contributed by atoms with Gasteiger partial charge in [0.25, 0.3) is 0 Å². The number of Topliss-reactive ketones (excluding diaryl/α,β-unsaturated/α-hetero) is 1. The van der Waals surface area contributed by atoms with E-state index in [1.54, 1.807) is 18.2 Å². The second-order valence-corrected chi connectivity index (χ2v) is 4.53. The summed E-state index contributed by atoms with van der Waals surface area (Å²) in [5.41, 5.74) is 0.488. The third-order valence-corrected chi connectivity index (χ3v) is 2.63. The minimum absolute atomic E-state index is 0.0183. The number of ether oxygens (including phenoxy) is 3. The number of ketones is 1. The van der Waals surface area contributed by atoms with Crippen LogP contribution in [-0.4, -0.2) is 32.1 Å². The molecule has 5 nitrogen and oxygen atoms in total. The van der Waals surface area contributed by atoms with E-state index in [9.17, 15) is 9.59 Å². The Balaban J connectivity index is 2.81. The van der Waals surface area contributed by atoms with Gasteiger partial charge in [0.05, 0.1) is 26.7 Å². The number of rotatable bonds is 7. The predicted octanol–water partition coefficient (Wildman–Crippen LogP) is 2.62. The Morgan fingerprint density at radius 2 is 1.80 bits per heavy atom.